The summed E-state index contributed by atoms with van der Waals surface area (Å²) in [5, 5.41) is 2.57. The monoisotopic (exact) mass is 325 g/mol. The Morgan fingerprint density at radius 1 is 0.800 bits per heavy atom. The van der Waals surface area contributed by atoms with E-state index in [9.17, 15) is 0 Å². The van der Waals surface area contributed by atoms with E-state index < -0.39 is 0 Å². The third-order valence-corrected chi connectivity index (χ3v) is 4.98. The van der Waals surface area contributed by atoms with E-state index in [2.05, 4.69) is 110 Å². The first-order valence-corrected chi connectivity index (χ1v) is 8.93. The predicted molar refractivity (Wildman–Crippen MR) is 108 cm³/mol. The van der Waals surface area contributed by atoms with Gasteiger partial charge < -0.3 is 4.90 Å². The molecule has 0 aromatic heterocycles. The molecule has 0 heterocycles. The molecule has 1 nitrogen and oxygen atoms in total. The fourth-order valence-electron chi connectivity index (χ4n) is 3.79. The summed E-state index contributed by atoms with van der Waals surface area (Å²) < 4.78 is 0. The van der Waals surface area contributed by atoms with Gasteiger partial charge in [0, 0.05) is 16.8 Å². The van der Waals surface area contributed by atoms with E-state index in [4.69, 9.17) is 0 Å². The SMILES string of the molecule is CC1=CC(C)C(N(c2ccccc2)c2cccc3ccccc23)C=C1. The van der Waals surface area contributed by atoms with Crippen molar-refractivity contribution in [2.24, 2.45) is 5.92 Å². The van der Waals surface area contributed by atoms with Crippen molar-refractivity contribution < 1.29 is 0 Å². The zero-order valence-electron chi connectivity index (χ0n) is 14.8. The first kappa shape index (κ1) is 15.7. The van der Waals surface area contributed by atoms with Crippen LogP contribution in [0, 0.1) is 5.92 Å². The second-order valence-electron chi connectivity index (χ2n) is 6.82. The number of benzene rings is 3. The van der Waals surface area contributed by atoms with E-state index in [1.54, 1.807) is 0 Å². The fourth-order valence-corrected chi connectivity index (χ4v) is 3.79. The highest BCUT2D eigenvalue weighted by molar-refractivity contribution is 5.96. The van der Waals surface area contributed by atoms with Gasteiger partial charge in [0.05, 0.1) is 6.04 Å². The highest BCUT2D eigenvalue weighted by Gasteiger charge is 2.25. The summed E-state index contributed by atoms with van der Waals surface area (Å²) in [5.74, 6) is 0.448. The minimum atomic E-state index is 0.303. The average molecular weight is 325 g/mol. The number of nitrogens with zero attached hydrogens (tertiary/aromatic N) is 1. The van der Waals surface area contributed by atoms with Crippen LogP contribution in [0.2, 0.25) is 0 Å². The van der Waals surface area contributed by atoms with Gasteiger partial charge in [-0.2, -0.15) is 0 Å². The fraction of sp³-hybridized carbons (Fsp3) is 0.167. The minimum Gasteiger partial charge on any atom is -0.333 e. The minimum absolute atomic E-state index is 0.303. The molecular weight excluding hydrogens is 302 g/mol. The molecule has 1 heteroatoms. The third-order valence-electron chi connectivity index (χ3n) is 4.98. The molecule has 0 aliphatic heterocycles. The molecule has 0 bridgehead atoms. The van der Waals surface area contributed by atoms with Crippen LogP contribution in [0.1, 0.15) is 13.8 Å². The molecule has 0 amide bonds. The van der Waals surface area contributed by atoms with Crippen molar-refractivity contribution >= 4 is 22.1 Å². The van der Waals surface area contributed by atoms with Gasteiger partial charge in [0.1, 0.15) is 0 Å². The maximum absolute atomic E-state index is 2.48. The van der Waals surface area contributed by atoms with Crippen molar-refractivity contribution in [3.63, 3.8) is 0 Å². The van der Waals surface area contributed by atoms with E-state index in [0.29, 0.717) is 12.0 Å². The second kappa shape index (κ2) is 6.60. The summed E-state index contributed by atoms with van der Waals surface area (Å²) in [4.78, 5) is 2.48. The van der Waals surface area contributed by atoms with Gasteiger partial charge >= 0.3 is 0 Å². The predicted octanol–water partition coefficient (Wildman–Crippen LogP) is 6.50. The van der Waals surface area contributed by atoms with Crippen molar-refractivity contribution in [2.45, 2.75) is 19.9 Å². The Morgan fingerprint density at radius 3 is 2.32 bits per heavy atom. The number of para-hydroxylation sites is 1. The van der Waals surface area contributed by atoms with E-state index in [1.807, 2.05) is 0 Å². The number of hydrogen-bond donors (Lipinski definition) is 0. The van der Waals surface area contributed by atoms with E-state index in [1.165, 1.54) is 27.7 Å². The van der Waals surface area contributed by atoms with Crippen LogP contribution in [0.5, 0.6) is 0 Å². The maximum Gasteiger partial charge on any atom is 0.0585 e. The number of rotatable bonds is 3. The molecule has 0 saturated heterocycles. The van der Waals surface area contributed by atoms with E-state index >= 15 is 0 Å². The molecule has 0 radical (unpaired) electrons. The van der Waals surface area contributed by atoms with Gasteiger partial charge in [0.15, 0.2) is 0 Å². The quantitative estimate of drug-likeness (QED) is 0.531. The molecule has 0 saturated carbocycles. The van der Waals surface area contributed by atoms with Crippen LogP contribution in [0.4, 0.5) is 11.4 Å². The van der Waals surface area contributed by atoms with Gasteiger partial charge in [-0.25, -0.2) is 0 Å². The summed E-state index contributed by atoms with van der Waals surface area (Å²) in [6, 6.07) is 26.2. The topological polar surface area (TPSA) is 3.24 Å². The van der Waals surface area contributed by atoms with Gasteiger partial charge in [-0.15, -0.1) is 0 Å². The summed E-state index contributed by atoms with van der Waals surface area (Å²) in [6.07, 6.45) is 6.95. The van der Waals surface area contributed by atoms with Crippen molar-refractivity contribution in [3.05, 3.63) is 96.6 Å². The summed E-state index contributed by atoms with van der Waals surface area (Å²) in [5.41, 5.74) is 3.83. The summed E-state index contributed by atoms with van der Waals surface area (Å²) >= 11 is 0. The molecular formula is C24H23N. The zero-order chi connectivity index (χ0) is 17.2. The number of hydrogen-bond acceptors (Lipinski definition) is 1. The molecule has 2 atom stereocenters. The van der Waals surface area contributed by atoms with Crippen molar-refractivity contribution in [1.29, 1.82) is 0 Å². The molecule has 2 unspecified atom stereocenters. The maximum atomic E-state index is 2.48. The van der Waals surface area contributed by atoms with Crippen LogP contribution in [0.25, 0.3) is 10.8 Å². The van der Waals surface area contributed by atoms with Crippen LogP contribution in [-0.4, -0.2) is 6.04 Å². The van der Waals surface area contributed by atoms with Crippen molar-refractivity contribution in [1.82, 2.24) is 0 Å². The van der Waals surface area contributed by atoms with Gasteiger partial charge in [0.25, 0.3) is 0 Å². The molecule has 0 N–H and O–H groups in total. The highest BCUT2D eigenvalue weighted by Crippen LogP contribution is 2.37. The van der Waals surface area contributed by atoms with Crippen LogP contribution in [-0.2, 0) is 0 Å². The molecule has 1 aliphatic carbocycles. The summed E-state index contributed by atoms with van der Waals surface area (Å²) in [6.45, 7) is 4.48. The Hall–Kier alpha value is -2.80. The Bertz CT molecular complexity index is 931. The average Bonchev–Trinajstić information content (AvgIpc) is 2.65. The van der Waals surface area contributed by atoms with Gasteiger partial charge in [-0.3, -0.25) is 0 Å². The Balaban J connectivity index is 1.91. The summed E-state index contributed by atoms with van der Waals surface area (Å²) in [7, 11) is 0. The number of allylic oxidation sites excluding steroid dienone is 2. The van der Waals surface area contributed by atoms with E-state index in [-0.39, 0.29) is 0 Å². The Labute approximate surface area is 149 Å². The molecule has 124 valence electrons. The standard InChI is InChI=1S/C24H23N/c1-18-15-16-23(19(2)17-18)25(21-11-4-3-5-12-21)24-14-8-10-20-9-6-7-13-22(20)24/h3-17,19,23H,1-2H3. The lowest BCUT2D eigenvalue weighted by molar-refractivity contribution is 0.606. The van der Waals surface area contributed by atoms with Crippen LogP contribution in [0.15, 0.2) is 96.6 Å². The van der Waals surface area contributed by atoms with Crippen molar-refractivity contribution in [2.75, 3.05) is 4.90 Å². The van der Waals surface area contributed by atoms with E-state index in [0.717, 1.165) is 0 Å². The van der Waals surface area contributed by atoms with Gasteiger partial charge in [-0.1, -0.05) is 85.3 Å². The Morgan fingerprint density at radius 2 is 1.52 bits per heavy atom. The third kappa shape index (κ3) is 2.98. The zero-order valence-corrected chi connectivity index (χ0v) is 14.8. The molecule has 3 aromatic carbocycles. The van der Waals surface area contributed by atoms with Crippen LogP contribution >= 0.6 is 0 Å². The molecule has 25 heavy (non-hydrogen) atoms. The lowest BCUT2D eigenvalue weighted by atomic mass is 9.91. The van der Waals surface area contributed by atoms with Gasteiger partial charge in [0.2, 0.25) is 0 Å². The first-order valence-electron chi connectivity index (χ1n) is 8.93. The van der Waals surface area contributed by atoms with Crippen LogP contribution in [0.3, 0.4) is 0 Å². The lowest BCUT2D eigenvalue weighted by Crippen LogP contribution is -2.35. The molecule has 1 aliphatic rings. The first-order chi connectivity index (χ1) is 12.2. The molecule has 0 spiro atoms. The van der Waals surface area contributed by atoms with Crippen LogP contribution < -0.4 is 4.90 Å². The largest absolute Gasteiger partial charge is 0.333 e. The second-order valence-corrected chi connectivity index (χ2v) is 6.82. The normalized spacial score (nSPS) is 19.7. The van der Waals surface area contributed by atoms with Crippen molar-refractivity contribution in [3.8, 4) is 0 Å². The molecule has 0 fully saturated rings. The number of fused-ring (bicyclic) bond motifs is 1. The molecule has 4 rings (SSSR count). The molecule has 3 aromatic rings. The highest BCUT2D eigenvalue weighted by atomic mass is 15.2. The smallest absolute Gasteiger partial charge is 0.0585 e. The van der Waals surface area contributed by atoms with Gasteiger partial charge in [-0.05, 0) is 36.4 Å². The lowest BCUT2D eigenvalue weighted by Gasteiger charge is -2.37. The Kier molecular flexibility index (Phi) is 4.15. The number of anilines is 2.